The number of rotatable bonds is 4. The number of furan rings is 1. The Morgan fingerprint density at radius 3 is 2.23 bits per heavy atom. The number of carbonyl (C=O) groups excluding carboxylic acids is 2. The molecule has 0 atom stereocenters. The van der Waals surface area contributed by atoms with Crippen molar-refractivity contribution < 1.29 is 27.2 Å². The third kappa shape index (κ3) is 6.15. The number of thiocarbonyl (C=S) groups is 1. The van der Waals surface area contributed by atoms with Crippen LogP contribution in [0.5, 0.6) is 0 Å². The van der Waals surface area contributed by atoms with Crippen LogP contribution in [0.1, 0.15) is 26.5 Å². The molecule has 1 aromatic heterocycles. The number of halogens is 4. The summed E-state index contributed by atoms with van der Waals surface area (Å²) in [5.74, 6) is -1.13. The summed E-state index contributed by atoms with van der Waals surface area (Å²) in [4.78, 5) is 24.5. The van der Waals surface area contributed by atoms with Crippen molar-refractivity contribution in [2.24, 2.45) is 0 Å². The van der Waals surface area contributed by atoms with E-state index in [-0.39, 0.29) is 22.1 Å². The molecule has 0 aliphatic heterocycles. The SMILES string of the molecule is O=C(Nc1cccc(C(F)(F)F)c1)c1cccc(NC(=S)NC(=O)c2ccc(Br)o2)c1. The van der Waals surface area contributed by atoms with Gasteiger partial charge in [0.05, 0.1) is 5.56 Å². The Morgan fingerprint density at radius 2 is 1.58 bits per heavy atom. The number of amides is 2. The molecule has 0 aliphatic rings. The van der Waals surface area contributed by atoms with Crippen molar-refractivity contribution >= 4 is 56.4 Å². The smallest absolute Gasteiger partial charge is 0.416 e. The van der Waals surface area contributed by atoms with Crippen molar-refractivity contribution in [1.29, 1.82) is 0 Å². The quantitative estimate of drug-likeness (QED) is 0.406. The van der Waals surface area contributed by atoms with Gasteiger partial charge in [-0.25, -0.2) is 0 Å². The third-order valence-electron chi connectivity index (χ3n) is 3.85. The van der Waals surface area contributed by atoms with Crippen LogP contribution in [0.15, 0.2) is 69.8 Å². The molecule has 3 aromatic rings. The first-order valence-electron chi connectivity index (χ1n) is 8.58. The highest BCUT2D eigenvalue weighted by Crippen LogP contribution is 2.30. The number of alkyl halides is 3. The molecule has 0 spiro atoms. The average Bonchev–Trinajstić information content (AvgIpc) is 3.14. The van der Waals surface area contributed by atoms with Crippen molar-refractivity contribution in [2.75, 3.05) is 10.6 Å². The molecule has 0 unspecified atom stereocenters. The first kappa shape index (κ1) is 22.5. The molecule has 0 radical (unpaired) electrons. The summed E-state index contributed by atoms with van der Waals surface area (Å²) in [6.45, 7) is 0. The van der Waals surface area contributed by atoms with Crippen LogP contribution in [0.4, 0.5) is 24.5 Å². The van der Waals surface area contributed by atoms with E-state index < -0.39 is 23.6 Å². The highest BCUT2D eigenvalue weighted by atomic mass is 79.9. The molecule has 31 heavy (non-hydrogen) atoms. The van der Waals surface area contributed by atoms with Crippen LogP contribution >= 0.6 is 28.1 Å². The molecule has 2 aromatic carbocycles. The zero-order chi connectivity index (χ0) is 22.6. The summed E-state index contributed by atoms with van der Waals surface area (Å²) in [6.07, 6.45) is -4.52. The van der Waals surface area contributed by atoms with Gasteiger partial charge in [0.15, 0.2) is 15.5 Å². The maximum absolute atomic E-state index is 12.8. The number of hydrogen-bond donors (Lipinski definition) is 3. The van der Waals surface area contributed by atoms with Crippen LogP contribution < -0.4 is 16.0 Å². The zero-order valence-corrected chi connectivity index (χ0v) is 17.8. The molecule has 3 rings (SSSR count). The normalized spacial score (nSPS) is 11.0. The van der Waals surface area contributed by atoms with Gasteiger partial charge in [-0.05, 0) is 76.7 Å². The molecule has 3 N–H and O–H groups in total. The number of benzene rings is 2. The minimum absolute atomic E-state index is 0.00517. The lowest BCUT2D eigenvalue weighted by Crippen LogP contribution is -2.33. The molecule has 11 heteroatoms. The number of nitrogens with one attached hydrogen (secondary N) is 3. The molecule has 0 saturated heterocycles. The van der Waals surface area contributed by atoms with Gasteiger partial charge in [-0.15, -0.1) is 0 Å². The molecule has 0 bridgehead atoms. The fourth-order valence-corrected chi connectivity index (χ4v) is 3.00. The summed E-state index contributed by atoms with van der Waals surface area (Å²) in [6, 6.07) is 13.4. The Morgan fingerprint density at radius 1 is 0.903 bits per heavy atom. The molecule has 0 fully saturated rings. The largest absolute Gasteiger partial charge is 0.444 e. The fraction of sp³-hybridized carbons (Fsp3) is 0.0500. The average molecular weight is 512 g/mol. The van der Waals surface area contributed by atoms with E-state index in [0.717, 1.165) is 12.1 Å². The second-order valence-corrected chi connectivity index (χ2v) is 7.32. The van der Waals surface area contributed by atoms with Gasteiger partial charge in [-0.2, -0.15) is 13.2 Å². The van der Waals surface area contributed by atoms with Crippen LogP contribution in [0.2, 0.25) is 0 Å². The number of hydrogen-bond acceptors (Lipinski definition) is 4. The second kappa shape index (κ2) is 9.31. The minimum atomic E-state index is -4.52. The summed E-state index contributed by atoms with van der Waals surface area (Å²) in [5, 5.41) is 7.57. The van der Waals surface area contributed by atoms with Crippen molar-refractivity contribution in [2.45, 2.75) is 6.18 Å². The molecule has 160 valence electrons. The van der Waals surface area contributed by atoms with E-state index in [9.17, 15) is 22.8 Å². The molecule has 0 saturated carbocycles. The van der Waals surface area contributed by atoms with Crippen LogP contribution in [-0.4, -0.2) is 16.9 Å². The second-order valence-electron chi connectivity index (χ2n) is 6.13. The van der Waals surface area contributed by atoms with Gasteiger partial charge in [-0.1, -0.05) is 12.1 Å². The maximum atomic E-state index is 12.8. The summed E-state index contributed by atoms with van der Waals surface area (Å²) < 4.78 is 44.0. The van der Waals surface area contributed by atoms with E-state index in [0.29, 0.717) is 10.4 Å². The maximum Gasteiger partial charge on any atom is 0.416 e. The highest BCUT2D eigenvalue weighted by Gasteiger charge is 2.30. The topological polar surface area (TPSA) is 83.4 Å². The molecule has 1 heterocycles. The number of anilines is 2. The van der Waals surface area contributed by atoms with Crippen LogP contribution in [-0.2, 0) is 6.18 Å². The van der Waals surface area contributed by atoms with E-state index in [1.807, 2.05) is 0 Å². The third-order valence-corrected chi connectivity index (χ3v) is 4.48. The van der Waals surface area contributed by atoms with Gasteiger partial charge in [0.1, 0.15) is 0 Å². The lowest BCUT2D eigenvalue weighted by atomic mass is 10.1. The molecule has 6 nitrogen and oxygen atoms in total. The lowest BCUT2D eigenvalue weighted by molar-refractivity contribution is -0.137. The van der Waals surface area contributed by atoms with Crippen molar-refractivity contribution in [1.82, 2.24) is 5.32 Å². The standard InChI is InChI=1S/C20H13BrF3N3O3S/c21-16-8-7-15(30-16)18(29)27-19(31)26-13-5-1-3-11(9-13)17(28)25-14-6-2-4-12(10-14)20(22,23)24/h1-10H,(H,25,28)(H2,26,27,29,31). The first-order valence-corrected chi connectivity index (χ1v) is 9.78. The first-order chi connectivity index (χ1) is 14.6. The van der Waals surface area contributed by atoms with E-state index in [1.54, 1.807) is 18.2 Å². The van der Waals surface area contributed by atoms with Gasteiger partial charge in [0.25, 0.3) is 11.8 Å². The Balaban J connectivity index is 1.65. The van der Waals surface area contributed by atoms with E-state index in [4.69, 9.17) is 16.6 Å². The monoisotopic (exact) mass is 511 g/mol. The van der Waals surface area contributed by atoms with Crippen molar-refractivity contribution in [3.63, 3.8) is 0 Å². The van der Waals surface area contributed by atoms with Gasteiger partial charge < -0.3 is 15.1 Å². The van der Waals surface area contributed by atoms with Crippen LogP contribution in [0.3, 0.4) is 0 Å². The highest BCUT2D eigenvalue weighted by molar-refractivity contribution is 9.10. The predicted octanol–water partition coefficient (Wildman–Crippen LogP) is 5.44. The molecular weight excluding hydrogens is 499 g/mol. The molecule has 0 aliphatic carbocycles. The molecule has 2 amide bonds. The zero-order valence-electron chi connectivity index (χ0n) is 15.4. The Kier molecular flexibility index (Phi) is 6.76. The van der Waals surface area contributed by atoms with Gasteiger partial charge in [0, 0.05) is 16.9 Å². The Hall–Kier alpha value is -3.18. The minimum Gasteiger partial charge on any atom is -0.444 e. The predicted molar refractivity (Wildman–Crippen MR) is 116 cm³/mol. The Labute approximate surface area is 187 Å². The van der Waals surface area contributed by atoms with E-state index in [1.165, 1.54) is 30.3 Å². The van der Waals surface area contributed by atoms with Crippen molar-refractivity contribution in [3.05, 3.63) is 82.2 Å². The van der Waals surface area contributed by atoms with Gasteiger partial charge >= 0.3 is 6.18 Å². The van der Waals surface area contributed by atoms with E-state index in [2.05, 4.69) is 31.9 Å². The van der Waals surface area contributed by atoms with Crippen LogP contribution in [0.25, 0.3) is 0 Å². The summed E-state index contributed by atoms with van der Waals surface area (Å²) >= 11 is 8.17. The summed E-state index contributed by atoms with van der Waals surface area (Å²) in [7, 11) is 0. The van der Waals surface area contributed by atoms with E-state index >= 15 is 0 Å². The van der Waals surface area contributed by atoms with Crippen LogP contribution in [0, 0.1) is 0 Å². The summed E-state index contributed by atoms with van der Waals surface area (Å²) in [5.41, 5.74) is -0.301. The number of carbonyl (C=O) groups is 2. The van der Waals surface area contributed by atoms with Gasteiger partial charge in [-0.3, -0.25) is 14.9 Å². The fourth-order valence-electron chi connectivity index (χ4n) is 2.48. The molecular formula is C20H13BrF3N3O3S. The lowest BCUT2D eigenvalue weighted by Gasteiger charge is -2.11. The van der Waals surface area contributed by atoms with Crippen molar-refractivity contribution in [3.8, 4) is 0 Å². The Bertz CT molecular complexity index is 1150. The van der Waals surface area contributed by atoms with Gasteiger partial charge in [0.2, 0.25) is 0 Å².